The predicted molar refractivity (Wildman–Crippen MR) is 76.2 cm³/mol. The van der Waals surface area contributed by atoms with Crippen LogP contribution in [0.3, 0.4) is 0 Å². The lowest BCUT2D eigenvalue weighted by atomic mass is 9.95. The number of nitriles is 1. The molecule has 0 fully saturated rings. The number of H-pyrrole nitrogens is 1. The molecule has 0 aliphatic heterocycles. The van der Waals surface area contributed by atoms with Gasteiger partial charge in [0, 0.05) is 18.1 Å². The highest BCUT2D eigenvalue weighted by molar-refractivity contribution is 5.55. The fraction of sp³-hybridized carbons (Fsp3) is 0.400. The second kappa shape index (κ2) is 5.33. The molecule has 5 heteroatoms. The van der Waals surface area contributed by atoms with Crippen molar-refractivity contribution >= 4 is 5.82 Å². The number of aromatic nitrogens is 3. The van der Waals surface area contributed by atoms with Gasteiger partial charge >= 0.3 is 0 Å². The summed E-state index contributed by atoms with van der Waals surface area (Å²) in [7, 11) is 0. The Kier molecular flexibility index (Phi) is 3.38. The minimum absolute atomic E-state index is 0.00811. The van der Waals surface area contributed by atoms with Gasteiger partial charge in [0.25, 0.3) is 0 Å². The number of pyridine rings is 1. The van der Waals surface area contributed by atoms with Crippen LogP contribution < -0.4 is 5.32 Å². The van der Waals surface area contributed by atoms with E-state index in [1.807, 2.05) is 13.0 Å². The molecule has 0 bridgehead atoms. The Morgan fingerprint density at radius 3 is 3.00 bits per heavy atom. The van der Waals surface area contributed by atoms with Crippen molar-refractivity contribution in [3.8, 4) is 6.07 Å². The Balaban J connectivity index is 1.90. The molecule has 2 N–H and O–H groups in total. The number of nitrogens with zero attached hydrogens (tertiary/aromatic N) is 3. The molecular weight excluding hydrogens is 250 g/mol. The van der Waals surface area contributed by atoms with E-state index in [-0.39, 0.29) is 6.04 Å². The smallest absolute Gasteiger partial charge is 0.144 e. The van der Waals surface area contributed by atoms with Crippen molar-refractivity contribution in [2.24, 2.45) is 0 Å². The number of nitrogens with one attached hydrogen (secondary N) is 2. The molecular formula is C15H17N5. The van der Waals surface area contributed by atoms with Crippen LogP contribution in [0.2, 0.25) is 0 Å². The molecule has 0 spiro atoms. The summed E-state index contributed by atoms with van der Waals surface area (Å²) >= 11 is 0. The average molecular weight is 267 g/mol. The Hall–Kier alpha value is -2.35. The normalized spacial score (nSPS) is 15.2. The van der Waals surface area contributed by atoms with Crippen molar-refractivity contribution < 1.29 is 0 Å². The number of hydrogen-bond donors (Lipinski definition) is 2. The Bertz CT molecular complexity index is 639. The molecule has 0 amide bonds. The lowest BCUT2D eigenvalue weighted by Gasteiger charge is -2.19. The van der Waals surface area contributed by atoms with E-state index in [1.165, 1.54) is 18.4 Å². The van der Waals surface area contributed by atoms with Gasteiger partial charge < -0.3 is 10.3 Å². The zero-order chi connectivity index (χ0) is 13.9. The number of fused-ring (bicyclic) bond motifs is 1. The molecule has 2 aromatic rings. The first-order chi connectivity index (χ1) is 9.78. The third-order valence-electron chi connectivity index (χ3n) is 3.70. The average Bonchev–Trinajstić information content (AvgIpc) is 3.01. The van der Waals surface area contributed by atoms with Gasteiger partial charge in [0.2, 0.25) is 0 Å². The summed E-state index contributed by atoms with van der Waals surface area (Å²) in [5.74, 6) is 1.51. The van der Waals surface area contributed by atoms with Crippen LogP contribution >= 0.6 is 0 Å². The van der Waals surface area contributed by atoms with Gasteiger partial charge in [0.15, 0.2) is 0 Å². The highest BCUT2D eigenvalue weighted by Gasteiger charge is 2.17. The van der Waals surface area contributed by atoms with Crippen LogP contribution in [-0.2, 0) is 12.8 Å². The highest BCUT2D eigenvalue weighted by atomic mass is 15.1. The summed E-state index contributed by atoms with van der Waals surface area (Å²) in [5, 5.41) is 12.6. The monoisotopic (exact) mass is 267 g/mol. The molecule has 5 nitrogen and oxygen atoms in total. The van der Waals surface area contributed by atoms with Crippen molar-refractivity contribution in [2.75, 3.05) is 5.32 Å². The molecule has 0 radical (unpaired) electrons. The summed E-state index contributed by atoms with van der Waals surface area (Å²) in [6, 6.07) is 4.22. The van der Waals surface area contributed by atoms with E-state index < -0.39 is 0 Å². The summed E-state index contributed by atoms with van der Waals surface area (Å²) in [5.41, 5.74) is 2.97. The molecule has 1 aliphatic carbocycles. The molecule has 0 saturated carbocycles. The molecule has 3 rings (SSSR count). The van der Waals surface area contributed by atoms with Crippen molar-refractivity contribution in [1.29, 1.82) is 5.26 Å². The van der Waals surface area contributed by atoms with Crippen molar-refractivity contribution in [2.45, 2.75) is 38.6 Å². The quantitative estimate of drug-likeness (QED) is 0.896. The molecule has 102 valence electrons. The third kappa shape index (κ3) is 2.37. The van der Waals surface area contributed by atoms with Gasteiger partial charge in [-0.25, -0.2) is 9.97 Å². The van der Waals surface area contributed by atoms with E-state index in [0.29, 0.717) is 11.4 Å². The van der Waals surface area contributed by atoms with E-state index in [0.717, 1.165) is 24.4 Å². The van der Waals surface area contributed by atoms with Crippen LogP contribution in [0.15, 0.2) is 18.5 Å². The Labute approximate surface area is 118 Å². The van der Waals surface area contributed by atoms with Gasteiger partial charge in [0.05, 0.1) is 11.6 Å². The number of rotatable bonds is 3. The van der Waals surface area contributed by atoms with E-state index in [2.05, 4.69) is 26.3 Å². The molecule has 1 unspecified atom stereocenters. The zero-order valence-electron chi connectivity index (χ0n) is 11.5. The summed E-state index contributed by atoms with van der Waals surface area (Å²) in [4.78, 5) is 12.0. The first-order valence-corrected chi connectivity index (χ1v) is 6.96. The van der Waals surface area contributed by atoms with E-state index in [4.69, 9.17) is 0 Å². The zero-order valence-corrected chi connectivity index (χ0v) is 11.5. The Morgan fingerprint density at radius 2 is 2.25 bits per heavy atom. The Morgan fingerprint density at radius 1 is 1.40 bits per heavy atom. The first kappa shape index (κ1) is 12.7. The van der Waals surface area contributed by atoms with Gasteiger partial charge in [-0.3, -0.25) is 0 Å². The van der Waals surface area contributed by atoms with Crippen molar-refractivity contribution in [1.82, 2.24) is 15.0 Å². The molecule has 20 heavy (non-hydrogen) atoms. The van der Waals surface area contributed by atoms with E-state index in [1.54, 1.807) is 12.4 Å². The molecule has 0 aromatic carbocycles. The molecule has 2 aromatic heterocycles. The lowest BCUT2D eigenvalue weighted by molar-refractivity contribution is 0.666. The number of imidazole rings is 1. The molecule has 1 aliphatic rings. The fourth-order valence-corrected chi connectivity index (χ4v) is 2.62. The number of aromatic amines is 1. The largest absolute Gasteiger partial charge is 0.359 e. The van der Waals surface area contributed by atoms with Gasteiger partial charge in [-0.15, -0.1) is 0 Å². The lowest BCUT2D eigenvalue weighted by Crippen LogP contribution is -2.14. The number of anilines is 1. The van der Waals surface area contributed by atoms with E-state index in [9.17, 15) is 5.26 Å². The maximum atomic E-state index is 9.31. The SMILES string of the molecule is CC(Nc1nc2c(cc1C#N)CCCC2)c1ncc[nH]1. The molecule has 0 saturated heterocycles. The minimum Gasteiger partial charge on any atom is -0.359 e. The number of hydrogen-bond acceptors (Lipinski definition) is 4. The van der Waals surface area contributed by atoms with Crippen LogP contribution in [0, 0.1) is 11.3 Å². The number of aryl methyl sites for hydroxylation is 2. The standard InChI is InChI=1S/C15H17N5/c1-10(14-17-6-7-18-14)19-15-12(9-16)8-11-4-2-3-5-13(11)20-15/h6-8,10H,2-5H2,1H3,(H,17,18)(H,19,20). The van der Waals surface area contributed by atoms with Crippen molar-refractivity contribution in [3.05, 3.63) is 41.1 Å². The maximum Gasteiger partial charge on any atom is 0.144 e. The van der Waals surface area contributed by atoms with Crippen LogP contribution in [0.4, 0.5) is 5.82 Å². The summed E-state index contributed by atoms with van der Waals surface area (Å²) in [6.07, 6.45) is 7.92. The van der Waals surface area contributed by atoms with Crippen LogP contribution in [-0.4, -0.2) is 15.0 Å². The fourth-order valence-electron chi connectivity index (χ4n) is 2.62. The van der Waals surface area contributed by atoms with E-state index >= 15 is 0 Å². The van der Waals surface area contributed by atoms with Crippen molar-refractivity contribution in [3.63, 3.8) is 0 Å². The highest BCUT2D eigenvalue weighted by Crippen LogP contribution is 2.26. The summed E-state index contributed by atoms with van der Waals surface area (Å²) in [6.45, 7) is 2.00. The third-order valence-corrected chi connectivity index (χ3v) is 3.70. The maximum absolute atomic E-state index is 9.31. The van der Waals surface area contributed by atoms with Crippen LogP contribution in [0.5, 0.6) is 0 Å². The topological polar surface area (TPSA) is 77.4 Å². The van der Waals surface area contributed by atoms with Crippen LogP contribution in [0.25, 0.3) is 0 Å². The second-order valence-corrected chi connectivity index (χ2v) is 5.15. The van der Waals surface area contributed by atoms with Crippen LogP contribution in [0.1, 0.15) is 48.5 Å². The van der Waals surface area contributed by atoms with Gasteiger partial charge in [-0.05, 0) is 44.2 Å². The van der Waals surface area contributed by atoms with Gasteiger partial charge in [-0.1, -0.05) is 0 Å². The van der Waals surface area contributed by atoms with Gasteiger partial charge in [0.1, 0.15) is 17.7 Å². The predicted octanol–water partition coefficient (Wildman–Crippen LogP) is 2.73. The first-order valence-electron chi connectivity index (χ1n) is 6.96. The minimum atomic E-state index is -0.00811. The van der Waals surface area contributed by atoms with Gasteiger partial charge in [-0.2, -0.15) is 5.26 Å². The molecule has 1 atom stereocenters. The molecule has 2 heterocycles. The summed E-state index contributed by atoms with van der Waals surface area (Å²) < 4.78 is 0. The second-order valence-electron chi connectivity index (χ2n) is 5.15.